The van der Waals surface area contributed by atoms with Gasteiger partial charge in [-0.15, -0.1) is 0 Å². The first kappa shape index (κ1) is 17.1. The van der Waals surface area contributed by atoms with Gasteiger partial charge in [-0.3, -0.25) is 4.79 Å². The number of carbonyl (C=O) groups is 2. The van der Waals surface area contributed by atoms with Crippen molar-refractivity contribution >= 4 is 21.9 Å². The van der Waals surface area contributed by atoms with Crippen molar-refractivity contribution in [2.75, 3.05) is 20.1 Å². The van der Waals surface area contributed by atoms with E-state index in [4.69, 9.17) is 5.11 Å². The number of carboxylic acid groups (broad SMARTS) is 1. The molecule has 0 radical (unpaired) electrons. The van der Waals surface area contributed by atoms with Gasteiger partial charge in [0.25, 0.3) is 0 Å². The number of sulfonamides is 1. The Kier molecular flexibility index (Phi) is 5.45. The number of aromatic carboxylic acids is 1. The maximum absolute atomic E-state index is 12.5. The quantitative estimate of drug-likeness (QED) is 0.793. The van der Waals surface area contributed by atoms with Crippen LogP contribution in [0.3, 0.4) is 0 Å². The Morgan fingerprint density at radius 1 is 1.33 bits per heavy atom. The highest BCUT2D eigenvalue weighted by molar-refractivity contribution is 7.89. The molecule has 0 atom stereocenters. The molecule has 1 rings (SSSR count). The standard InChI is InChI=1S/C13H18N2O5S/c1-4-15(8-12(16)14-3)21(19,20)10-6-5-9(2)11(7-10)13(17)18/h5-7H,4,8H2,1-3H3,(H,14,16)(H,17,18). The summed E-state index contributed by atoms with van der Waals surface area (Å²) < 4.78 is 25.9. The van der Waals surface area contributed by atoms with Crippen LogP contribution in [0.2, 0.25) is 0 Å². The Morgan fingerprint density at radius 2 is 1.95 bits per heavy atom. The number of rotatable bonds is 6. The van der Waals surface area contributed by atoms with Crippen LogP contribution in [0.15, 0.2) is 23.1 Å². The summed E-state index contributed by atoms with van der Waals surface area (Å²) in [5, 5.41) is 11.4. The van der Waals surface area contributed by atoms with Crippen LogP contribution in [-0.2, 0) is 14.8 Å². The maximum atomic E-state index is 12.5. The van der Waals surface area contributed by atoms with E-state index in [0.717, 1.165) is 10.4 Å². The third-order valence-corrected chi connectivity index (χ3v) is 4.95. The number of aryl methyl sites for hydroxylation is 1. The molecule has 0 aromatic heterocycles. The minimum atomic E-state index is -3.92. The maximum Gasteiger partial charge on any atom is 0.335 e. The van der Waals surface area contributed by atoms with E-state index in [-0.39, 0.29) is 23.5 Å². The van der Waals surface area contributed by atoms with Crippen LogP contribution in [-0.4, -0.2) is 49.8 Å². The number of carboxylic acids is 1. The lowest BCUT2D eigenvalue weighted by Crippen LogP contribution is -2.39. The Balaban J connectivity index is 3.26. The third-order valence-electron chi connectivity index (χ3n) is 3.03. The second-order valence-electron chi connectivity index (χ2n) is 4.39. The van der Waals surface area contributed by atoms with E-state index in [9.17, 15) is 18.0 Å². The van der Waals surface area contributed by atoms with Crippen LogP contribution in [0.5, 0.6) is 0 Å². The Hall–Kier alpha value is -1.93. The molecule has 0 aliphatic rings. The first-order valence-electron chi connectivity index (χ1n) is 6.28. The molecule has 0 aliphatic heterocycles. The minimum Gasteiger partial charge on any atom is -0.478 e. The van der Waals surface area contributed by atoms with Crippen LogP contribution >= 0.6 is 0 Å². The number of amides is 1. The minimum absolute atomic E-state index is 0.0768. The van der Waals surface area contributed by atoms with Crippen molar-refractivity contribution in [3.8, 4) is 0 Å². The summed E-state index contributed by atoms with van der Waals surface area (Å²) in [4.78, 5) is 22.3. The summed E-state index contributed by atoms with van der Waals surface area (Å²) in [6.07, 6.45) is 0. The van der Waals surface area contributed by atoms with Gasteiger partial charge in [0.15, 0.2) is 0 Å². The predicted molar refractivity (Wildman–Crippen MR) is 76.6 cm³/mol. The van der Waals surface area contributed by atoms with Crippen molar-refractivity contribution in [2.24, 2.45) is 0 Å². The molecular formula is C13H18N2O5S. The van der Waals surface area contributed by atoms with Gasteiger partial charge in [-0.05, 0) is 24.6 Å². The lowest BCUT2D eigenvalue weighted by atomic mass is 10.1. The zero-order valence-electron chi connectivity index (χ0n) is 12.1. The number of hydrogen-bond donors (Lipinski definition) is 2. The second-order valence-corrected chi connectivity index (χ2v) is 6.32. The molecule has 0 spiro atoms. The molecule has 0 unspecified atom stereocenters. The highest BCUT2D eigenvalue weighted by Crippen LogP contribution is 2.19. The van der Waals surface area contributed by atoms with Crippen molar-refractivity contribution in [1.29, 1.82) is 0 Å². The Bertz CT molecular complexity index is 655. The van der Waals surface area contributed by atoms with Crippen LogP contribution in [0.4, 0.5) is 0 Å². The van der Waals surface area contributed by atoms with E-state index in [1.165, 1.54) is 19.2 Å². The van der Waals surface area contributed by atoms with E-state index in [2.05, 4.69) is 5.32 Å². The summed E-state index contributed by atoms with van der Waals surface area (Å²) in [7, 11) is -2.51. The van der Waals surface area contributed by atoms with Crippen molar-refractivity contribution in [3.05, 3.63) is 29.3 Å². The molecule has 0 saturated carbocycles. The lowest BCUT2D eigenvalue weighted by Gasteiger charge is -2.20. The molecule has 1 amide bonds. The van der Waals surface area contributed by atoms with Gasteiger partial charge in [0.2, 0.25) is 15.9 Å². The van der Waals surface area contributed by atoms with Crippen molar-refractivity contribution in [1.82, 2.24) is 9.62 Å². The molecule has 0 fully saturated rings. The van der Waals surface area contributed by atoms with Crippen molar-refractivity contribution in [3.63, 3.8) is 0 Å². The largest absolute Gasteiger partial charge is 0.478 e. The van der Waals surface area contributed by atoms with Gasteiger partial charge in [0.1, 0.15) is 0 Å². The fourth-order valence-electron chi connectivity index (χ4n) is 1.75. The third kappa shape index (κ3) is 3.79. The highest BCUT2D eigenvalue weighted by atomic mass is 32.2. The molecule has 1 aromatic rings. The first-order chi connectivity index (χ1) is 9.73. The Labute approximate surface area is 123 Å². The SMILES string of the molecule is CCN(CC(=O)NC)S(=O)(=O)c1ccc(C)c(C(=O)O)c1. The predicted octanol–water partition coefficient (Wildman–Crippen LogP) is 0.450. The van der Waals surface area contributed by atoms with Gasteiger partial charge in [0, 0.05) is 13.6 Å². The molecule has 2 N–H and O–H groups in total. The molecule has 8 heteroatoms. The molecule has 1 aromatic carbocycles. The summed E-state index contributed by atoms with van der Waals surface area (Å²) >= 11 is 0. The van der Waals surface area contributed by atoms with Gasteiger partial charge in [-0.1, -0.05) is 13.0 Å². The van der Waals surface area contributed by atoms with Crippen LogP contribution in [0.25, 0.3) is 0 Å². The zero-order valence-corrected chi connectivity index (χ0v) is 12.9. The van der Waals surface area contributed by atoms with E-state index >= 15 is 0 Å². The highest BCUT2D eigenvalue weighted by Gasteiger charge is 2.26. The van der Waals surface area contributed by atoms with E-state index < -0.39 is 21.9 Å². The molecule has 0 heterocycles. The Morgan fingerprint density at radius 3 is 2.43 bits per heavy atom. The van der Waals surface area contributed by atoms with E-state index in [1.54, 1.807) is 13.8 Å². The molecular weight excluding hydrogens is 296 g/mol. The first-order valence-corrected chi connectivity index (χ1v) is 7.72. The second kappa shape index (κ2) is 6.68. The smallest absolute Gasteiger partial charge is 0.335 e. The topological polar surface area (TPSA) is 104 Å². The van der Waals surface area contributed by atoms with Gasteiger partial charge in [-0.25, -0.2) is 13.2 Å². The van der Waals surface area contributed by atoms with Gasteiger partial charge in [-0.2, -0.15) is 4.31 Å². The number of benzene rings is 1. The molecule has 0 saturated heterocycles. The summed E-state index contributed by atoms with van der Waals surface area (Å²) in [5.41, 5.74) is 0.392. The number of nitrogens with zero attached hydrogens (tertiary/aromatic N) is 1. The average molecular weight is 314 g/mol. The monoisotopic (exact) mass is 314 g/mol. The molecule has 21 heavy (non-hydrogen) atoms. The lowest BCUT2D eigenvalue weighted by molar-refractivity contribution is -0.120. The molecule has 7 nitrogen and oxygen atoms in total. The molecule has 0 aliphatic carbocycles. The zero-order chi connectivity index (χ0) is 16.2. The number of carbonyl (C=O) groups excluding carboxylic acids is 1. The van der Waals surface area contributed by atoms with Crippen LogP contribution in [0, 0.1) is 6.92 Å². The number of nitrogens with one attached hydrogen (secondary N) is 1. The van der Waals surface area contributed by atoms with Crippen LogP contribution in [0.1, 0.15) is 22.8 Å². The van der Waals surface area contributed by atoms with Gasteiger partial charge < -0.3 is 10.4 Å². The van der Waals surface area contributed by atoms with E-state index in [0.29, 0.717) is 5.56 Å². The number of hydrogen-bond acceptors (Lipinski definition) is 4. The van der Waals surface area contributed by atoms with Crippen molar-refractivity contribution < 1.29 is 23.1 Å². The summed E-state index contributed by atoms with van der Waals surface area (Å²) in [6.45, 7) is 2.98. The normalized spacial score (nSPS) is 11.4. The fraction of sp³-hybridized carbons (Fsp3) is 0.385. The average Bonchev–Trinajstić information content (AvgIpc) is 2.43. The van der Waals surface area contributed by atoms with Crippen molar-refractivity contribution in [2.45, 2.75) is 18.7 Å². The van der Waals surface area contributed by atoms with Crippen LogP contribution < -0.4 is 5.32 Å². The molecule has 0 bridgehead atoms. The van der Waals surface area contributed by atoms with E-state index in [1.807, 2.05) is 0 Å². The van der Waals surface area contributed by atoms with Gasteiger partial charge >= 0.3 is 5.97 Å². The van der Waals surface area contributed by atoms with Gasteiger partial charge in [0.05, 0.1) is 17.0 Å². The fourth-order valence-corrected chi connectivity index (χ4v) is 3.18. The summed E-state index contributed by atoms with van der Waals surface area (Å²) in [5.74, 6) is -1.63. The molecule has 116 valence electrons. The number of likely N-dealkylation sites (N-methyl/N-ethyl adjacent to an activating group) is 2. The summed E-state index contributed by atoms with van der Waals surface area (Å²) in [6, 6.07) is 3.88.